The first kappa shape index (κ1) is 20.4. The molecule has 0 bridgehead atoms. The highest BCUT2D eigenvalue weighted by Gasteiger charge is 2.44. The van der Waals surface area contributed by atoms with E-state index in [1.54, 1.807) is 0 Å². The average Bonchev–Trinajstić information content (AvgIpc) is 3.32. The molecule has 1 aliphatic carbocycles. The van der Waals surface area contributed by atoms with Gasteiger partial charge in [-0.1, -0.05) is 49.2 Å². The van der Waals surface area contributed by atoms with Crippen molar-refractivity contribution in [2.24, 2.45) is 0 Å². The summed E-state index contributed by atoms with van der Waals surface area (Å²) < 4.78 is 11.5. The van der Waals surface area contributed by atoms with Gasteiger partial charge in [0.05, 0.1) is 5.41 Å². The normalized spacial score (nSPS) is 21.0. The molecule has 31 heavy (non-hydrogen) atoms. The second-order valence-electron chi connectivity index (χ2n) is 9.16. The van der Waals surface area contributed by atoms with Crippen LogP contribution in [-0.2, 0) is 16.8 Å². The van der Waals surface area contributed by atoms with Crippen molar-refractivity contribution in [3.8, 4) is 11.5 Å². The molecule has 0 atom stereocenters. The number of amides is 1. The number of piperidine rings is 1. The fraction of sp³-hybridized carbons (Fsp3) is 0.500. The van der Waals surface area contributed by atoms with E-state index in [0.29, 0.717) is 13.2 Å². The molecule has 3 aliphatic rings. The van der Waals surface area contributed by atoms with Gasteiger partial charge in [0, 0.05) is 25.7 Å². The Morgan fingerprint density at radius 3 is 2.42 bits per heavy atom. The third-order valence-corrected chi connectivity index (χ3v) is 7.16. The van der Waals surface area contributed by atoms with E-state index >= 15 is 0 Å². The van der Waals surface area contributed by atoms with Crippen LogP contribution in [-0.4, -0.2) is 43.2 Å². The zero-order valence-electron chi connectivity index (χ0n) is 18.1. The standard InChI is InChI=1S/C26H32N2O3/c29-25(27-22-10-14-28(15-11-22)19-20-6-2-1-3-7-20)26(12-4-5-13-26)21-8-9-23-24(18-21)31-17-16-30-23/h1-3,6-9,18,22H,4-5,10-17,19H2,(H,27,29). The van der Waals surface area contributed by atoms with E-state index in [0.717, 1.165) is 75.2 Å². The number of ether oxygens (including phenoxy) is 2. The number of fused-ring (bicyclic) bond motifs is 1. The highest BCUT2D eigenvalue weighted by molar-refractivity contribution is 5.89. The summed E-state index contributed by atoms with van der Waals surface area (Å²) in [5.74, 6) is 1.76. The lowest BCUT2D eigenvalue weighted by Crippen LogP contribution is -2.50. The van der Waals surface area contributed by atoms with Crippen LogP contribution in [0.1, 0.15) is 49.7 Å². The number of benzene rings is 2. The van der Waals surface area contributed by atoms with Crippen molar-refractivity contribution in [3.63, 3.8) is 0 Å². The van der Waals surface area contributed by atoms with Crippen LogP contribution < -0.4 is 14.8 Å². The number of nitrogens with one attached hydrogen (secondary N) is 1. The fourth-order valence-electron chi connectivity index (χ4n) is 5.37. The molecule has 0 aromatic heterocycles. The molecule has 2 aliphatic heterocycles. The molecule has 2 aromatic rings. The molecule has 2 heterocycles. The summed E-state index contributed by atoms with van der Waals surface area (Å²) in [6.45, 7) is 4.19. The first-order valence-corrected chi connectivity index (χ1v) is 11.7. The maximum atomic E-state index is 13.6. The zero-order chi connectivity index (χ0) is 21.1. The molecule has 1 amide bonds. The third kappa shape index (κ3) is 4.29. The topological polar surface area (TPSA) is 50.8 Å². The van der Waals surface area contributed by atoms with Crippen LogP contribution in [0.3, 0.4) is 0 Å². The molecule has 1 N–H and O–H groups in total. The molecule has 0 unspecified atom stereocenters. The highest BCUT2D eigenvalue weighted by Crippen LogP contribution is 2.44. The van der Waals surface area contributed by atoms with E-state index in [9.17, 15) is 4.79 Å². The summed E-state index contributed by atoms with van der Waals surface area (Å²) >= 11 is 0. The smallest absolute Gasteiger partial charge is 0.230 e. The lowest BCUT2D eigenvalue weighted by atomic mass is 9.77. The second kappa shape index (κ2) is 8.91. The predicted molar refractivity (Wildman–Crippen MR) is 120 cm³/mol. The molecule has 2 fully saturated rings. The molecule has 5 heteroatoms. The van der Waals surface area contributed by atoms with E-state index < -0.39 is 5.41 Å². The number of nitrogens with zero attached hydrogens (tertiary/aromatic N) is 1. The highest BCUT2D eigenvalue weighted by atomic mass is 16.6. The van der Waals surface area contributed by atoms with E-state index in [1.807, 2.05) is 12.1 Å². The minimum atomic E-state index is -0.434. The van der Waals surface area contributed by atoms with Crippen molar-refractivity contribution in [1.29, 1.82) is 0 Å². The first-order valence-electron chi connectivity index (χ1n) is 11.7. The summed E-state index contributed by atoms with van der Waals surface area (Å²) in [6.07, 6.45) is 6.02. The Bertz CT molecular complexity index is 900. The molecular weight excluding hydrogens is 388 g/mol. The van der Waals surface area contributed by atoms with Crippen molar-refractivity contribution >= 4 is 5.91 Å². The van der Waals surface area contributed by atoms with Crippen molar-refractivity contribution in [3.05, 3.63) is 59.7 Å². The monoisotopic (exact) mass is 420 g/mol. The summed E-state index contributed by atoms with van der Waals surface area (Å²) in [5.41, 5.74) is 2.00. The molecular formula is C26H32N2O3. The Kier molecular flexibility index (Phi) is 5.86. The Labute approximate surface area is 184 Å². The van der Waals surface area contributed by atoms with E-state index in [4.69, 9.17) is 9.47 Å². The van der Waals surface area contributed by atoms with Crippen LogP contribution in [0.25, 0.3) is 0 Å². The number of carbonyl (C=O) groups excluding carboxylic acids is 1. The molecule has 0 spiro atoms. The van der Waals surface area contributed by atoms with Gasteiger partial charge in [-0.3, -0.25) is 9.69 Å². The number of hydrogen-bond donors (Lipinski definition) is 1. The Hall–Kier alpha value is -2.53. The lowest BCUT2D eigenvalue weighted by Gasteiger charge is -2.36. The first-order chi connectivity index (χ1) is 15.2. The molecule has 5 rings (SSSR count). The zero-order valence-corrected chi connectivity index (χ0v) is 18.1. The molecule has 2 aromatic carbocycles. The summed E-state index contributed by atoms with van der Waals surface area (Å²) in [6, 6.07) is 17.0. The molecule has 1 saturated heterocycles. The van der Waals surface area contributed by atoms with Crippen LogP contribution in [0, 0.1) is 0 Å². The molecule has 0 radical (unpaired) electrons. The number of hydrogen-bond acceptors (Lipinski definition) is 4. The molecule has 1 saturated carbocycles. The van der Waals surface area contributed by atoms with E-state index in [1.165, 1.54) is 5.56 Å². The van der Waals surface area contributed by atoms with Crippen LogP contribution in [0.15, 0.2) is 48.5 Å². The quantitative estimate of drug-likeness (QED) is 0.793. The van der Waals surface area contributed by atoms with Crippen molar-refractivity contribution in [1.82, 2.24) is 10.2 Å². The summed E-state index contributed by atoms with van der Waals surface area (Å²) in [4.78, 5) is 16.1. The van der Waals surface area contributed by atoms with Gasteiger partial charge in [0.15, 0.2) is 11.5 Å². The third-order valence-electron chi connectivity index (χ3n) is 7.16. The van der Waals surface area contributed by atoms with Crippen LogP contribution in [0.4, 0.5) is 0 Å². The van der Waals surface area contributed by atoms with E-state index in [-0.39, 0.29) is 11.9 Å². The number of rotatable bonds is 5. The van der Waals surface area contributed by atoms with Gasteiger partial charge in [0.2, 0.25) is 5.91 Å². The van der Waals surface area contributed by atoms with E-state index in [2.05, 4.69) is 46.6 Å². The Morgan fingerprint density at radius 1 is 0.968 bits per heavy atom. The van der Waals surface area contributed by atoms with Gasteiger partial charge < -0.3 is 14.8 Å². The van der Waals surface area contributed by atoms with Gasteiger partial charge in [-0.25, -0.2) is 0 Å². The average molecular weight is 421 g/mol. The largest absolute Gasteiger partial charge is 0.486 e. The van der Waals surface area contributed by atoms with Crippen molar-refractivity contribution in [2.75, 3.05) is 26.3 Å². The molecule has 5 nitrogen and oxygen atoms in total. The van der Waals surface area contributed by atoms with Gasteiger partial charge in [-0.05, 0) is 48.9 Å². The second-order valence-corrected chi connectivity index (χ2v) is 9.16. The fourth-order valence-corrected chi connectivity index (χ4v) is 5.37. The predicted octanol–water partition coefficient (Wildman–Crippen LogP) is 4.05. The van der Waals surface area contributed by atoms with Crippen LogP contribution in [0.2, 0.25) is 0 Å². The van der Waals surface area contributed by atoms with Gasteiger partial charge >= 0.3 is 0 Å². The minimum Gasteiger partial charge on any atom is -0.486 e. The van der Waals surface area contributed by atoms with Gasteiger partial charge in [-0.2, -0.15) is 0 Å². The van der Waals surface area contributed by atoms with Crippen LogP contribution in [0.5, 0.6) is 11.5 Å². The van der Waals surface area contributed by atoms with Crippen molar-refractivity contribution in [2.45, 2.75) is 56.5 Å². The Balaban J connectivity index is 1.23. The SMILES string of the molecule is O=C(NC1CCN(Cc2ccccc2)CC1)C1(c2ccc3c(c2)OCCO3)CCCC1. The van der Waals surface area contributed by atoms with Crippen molar-refractivity contribution < 1.29 is 14.3 Å². The minimum absolute atomic E-state index is 0.197. The maximum Gasteiger partial charge on any atom is 0.230 e. The number of carbonyl (C=O) groups is 1. The maximum absolute atomic E-state index is 13.6. The van der Waals surface area contributed by atoms with Gasteiger partial charge in [-0.15, -0.1) is 0 Å². The van der Waals surface area contributed by atoms with Gasteiger partial charge in [0.25, 0.3) is 0 Å². The summed E-state index contributed by atoms with van der Waals surface area (Å²) in [5, 5.41) is 3.43. The Morgan fingerprint density at radius 2 is 1.68 bits per heavy atom. The molecule has 164 valence electrons. The summed E-state index contributed by atoms with van der Waals surface area (Å²) in [7, 11) is 0. The number of likely N-dealkylation sites (tertiary alicyclic amines) is 1. The lowest BCUT2D eigenvalue weighted by molar-refractivity contribution is -0.127. The van der Waals surface area contributed by atoms with Gasteiger partial charge in [0.1, 0.15) is 13.2 Å². The van der Waals surface area contributed by atoms with Crippen LogP contribution >= 0.6 is 0 Å².